The third kappa shape index (κ3) is 1.20. The average molecular weight is 247 g/mol. The lowest BCUT2D eigenvalue weighted by molar-refractivity contribution is -0.143. The number of rotatable bonds is 2. The third-order valence-electron chi connectivity index (χ3n) is 4.27. The summed E-state index contributed by atoms with van der Waals surface area (Å²) in [5.41, 5.74) is 0. The summed E-state index contributed by atoms with van der Waals surface area (Å²) in [6.45, 7) is 0.247. The SMILES string of the molecule is O=C1[C@@H]2[C@H](C(=O)N1Cc1ccco1)[C@@H]1CC[C@H]2O1. The molecule has 4 atom stereocenters. The van der Waals surface area contributed by atoms with Crippen LogP contribution in [-0.2, 0) is 20.9 Å². The summed E-state index contributed by atoms with van der Waals surface area (Å²) in [7, 11) is 0. The first-order valence-corrected chi connectivity index (χ1v) is 6.29. The highest BCUT2D eigenvalue weighted by Crippen LogP contribution is 2.48. The molecule has 0 aromatic carbocycles. The van der Waals surface area contributed by atoms with Crippen LogP contribution in [0.25, 0.3) is 0 Å². The van der Waals surface area contributed by atoms with Crippen LogP contribution in [0, 0.1) is 11.8 Å². The van der Waals surface area contributed by atoms with E-state index in [0.717, 1.165) is 12.8 Å². The number of hydrogen-bond donors (Lipinski definition) is 0. The predicted molar refractivity (Wildman–Crippen MR) is 59.1 cm³/mol. The number of imide groups is 1. The number of carbonyl (C=O) groups is 2. The highest BCUT2D eigenvalue weighted by molar-refractivity contribution is 6.06. The number of fused-ring (bicyclic) bond motifs is 5. The molecule has 94 valence electrons. The van der Waals surface area contributed by atoms with Crippen LogP contribution in [0.15, 0.2) is 22.8 Å². The van der Waals surface area contributed by atoms with E-state index in [0.29, 0.717) is 5.76 Å². The van der Waals surface area contributed by atoms with Gasteiger partial charge in [0.1, 0.15) is 5.76 Å². The normalized spacial score (nSPS) is 37.7. The third-order valence-corrected chi connectivity index (χ3v) is 4.27. The smallest absolute Gasteiger partial charge is 0.236 e. The lowest BCUT2D eigenvalue weighted by Crippen LogP contribution is -2.33. The van der Waals surface area contributed by atoms with Gasteiger partial charge in [0.05, 0.1) is 36.9 Å². The average Bonchev–Trinajstić information content (AvgIpc) is 3.10. The van der Waals surface area contributed by atoms with Crippen molar-refractivity contribution >= 4 is 11.8 Å². The molecule has 0 spiro atoms. The van der Waals surface area contributed by atoms with Gasteiger partial charge in [0.2, 0.25) is 11.8 Å². The van der Waals surface area contributed by atoms with Crippen molar-refractivity contribution in [2.45, 2.75) is 31.6 Å². The zero-order valence-electron chi connectivity index (χ0n) is 9.74. The van der Waals surface area contributed by atoms with E-state index in [-0.39, 0.29) is 42.4 Å². The number of amides is 2. The summed E-state index contributed by atoms with van der Waals surface area (Å²) in [4.78, 5) is 25.9. The zero-order chi connectivity index (χ0) is 12.3. The molecule has 0 saturated carbocycles. The largest absolute Gasteiger partial charge is 0.467 e. The molecule has 3 fully saturated rings. The molecule has 3 aliphatic heterocycles. The van der Waals surface area contributed by atoms with Crippen molar-refractivity contribution in [2.24, 2.45) is 11.8 Å². The molecule has 0 aliphatic carbocycles. The fourth-order valence-corrected chi connectivity index (χ4v) is 3.49. The molecule has 1 aromatic heterocycles. The fraction of sp³-hybridized carbons (Fsp3) is 0.538. The topological polar surface area (TPSA) is 59.8 Å². The predicted octanol–water partition coefficient (Wildman–Crippen LogP) is 0.942. The molecule has 2 bridgehead atoms. The monoisotopic (exact) mass is 247 g/mol. The lowest BCUT2D eigenvalue weighted by Gasteiger charge is -2.15. The Labute approximate surface area is 104 Å². The minimum Gasteiger partial charge on any atom is -0.467 e. The molecular weight excluding hydrogens is 234 g/mol. The molecule has 2 amide bonds. The van der Waals surface area contributed by atoms with Crippen LogP contribution in [0.4, 0.5) is 0 Å². The molecular formula is C13H13NO4. The minimum atomic E-state index is -0.244. The van der Waals surface area contributed by atoms with Gasteiger partial charge in [0.25, 0.3) is 0 Å². The summed E-state index contributed by atoms with van der Waals surface area (Å²) in [6, 6.07) is 3.54. The molecule has 4 heterocycles. The van der Waals surface area contributed by atoms with Crippen molar-refractivity contribution in [3.05, 3.63) is 24.2 Å². The Morgan fingerprint density at radius 2 is 1.83 bits per heavy atom. The molecule has 0 radical (unpaired) electrons. The van der Waals surface area contributed by atoms with E-state index in [9.17, 15) is 9.59 Å². The van der Waals surface area contributed by atoms with Gasteiger partial charge in [-0.25, -0.2) is 0 Å². The van der Waals surface area contributed by atoms with E-state index in [1.54, 1.807) is 18.4 Å². The molecule has 0 unspecified atom stereocenters. The first-order chi connectivity index (χ1) is 8.75. The number of furan rings is 1. The Balaban J connectivity index is 1.63. The molecule has 0 N–H and O–H groups in total. The van der Waals surface area contributed by atoms with E-state index in [1.165, 1.54) is 4.90 Å². The summed E-state index contributed by atoms with van der Waals surface area (Å²) < 4.78 is 10.9. The maximum atomic E-state index is 12.3. The highest BCUT2D eigenvalue weighted by Gasteiger charge is 2.62. The fourth-order valence-electron chi connectivity index (χ4n) is 3.49. The van der Waals surface area contributed by atoms with Crippen LogP contribution in [-0.4, -0.2) is 28.9 Å². The molecule has 3 aliphatic rings. The van der Waals surface area contributed by atoms with Crippen molar-refractivity contribution in [2.75, 3.05) is 0 Å². The van der Waals surface area contributed by atoms with Crippen LogP contribution in [0.5, 0.6) is 0 Å². The molecule has 5 nitrogen and oxygen atoms in total. The van der Waals surface area contributed by atoms with Crippen LogP contribution >= 0.6 is 0 Å². The van der Waals surface area contributed by atoms with E-state index in [1.807, 2.05) is 0 Å². The number of likely N-dealkylation sites (tertiary alicyclic amines) is 1. The first-order valence-electron chi connectivity index (χ1n) is 6.29. The summed E-state index contributed by atoms with van der Waals surface area (Å²) in [5, 5.41) is 0. The van der Waals surface area contributed by atoms with Gasteiger partial charge in [-0.15, -0.1) is 0 Å². The van der Waals surface area contributed by atoms with Gasteiger partial charge in [-0.05, 0) is 25.0 Å². The molecule has 1 aromatic rings. The number of hydrogen-bond acceptors (Lipinski definition) is 4. The number of ether oxygens (including phenoxy) is 1. The van der Waals surface area contributed by atoms with Crippen LogP contribution in [0.1, 0.15) is 18.6 Å². The van der Waals surface area contributed by atoms with Gasteiger partial charge in [-0.3, -0.25) is 14.5 Å². The first kappa shape index (κ1) is 10.3. The quantitative estimate of drug-likeness (QED) is 0.730. The molecule has 5 heteroatoms. The molecule has 18 heavy (non-hydrogen) atoms. The van der Waals surface area contributed by atoms with E-state index < -0.39 is 0 Å². The summed E-state index contributed by atoms with van der Waals surface area (Å²) >= 11 is 0. The second-order valence-electron chi connectivity index (χ2n) is 5.18. The van der Waals surface area contributed by atoms with Gasteiger partial charge in [-0.1, -0.05) is 0 Å². The Kier molecular flexibility index (Phi) is 1.97. The summed E-state index contributed by atoms with van der Waals surface area (Å²) in [5.74, 6) is -0.0236. The Bertz CT molecular complexity index is 481. The van der Waals surface area contributed by atoms with Crippen molar-refractivity contribution in [1.82, 2.24) is 4.90 Å². The lowest BCUT2D eigenvalue weighted by atomic mass is 9.81. The van der Waals surface area contributed by atoms with Crippen molar-refractivity contribution in [3.8, 4) is 0 Å². The van der Waals surface area contributed by atoms with Crippen molar-refractivity contribution in [3.63, 3.8) is 0 Å². The minimum absolute atomic E-state index is 0.0435. The molecule has 4 rings (SSSR count). The maximum Gasteiger partial charge on any atom is 0.236 e. The van der Waals surface area contributed by atoms with Gasteiger partial charge in [0, 0.05) is 0 Å². The standard InChI is InChI=1S/C13H13NO4/c15-12-10-8-3-4-9(18-8)11(10)13(16)14(12)6-7-2-1-5-17-7/h1-2,5,8-11H,3-4,6H2/t8-,9+,10+,11-. The number of carbonyl (C=O) groups excluding carboxylic acids is 2. The van der Waals surface area contributed by atoms with Crippen LogP contribution in [0.2, 0.25) is 0 Å². The zero-order valence-corrected chi connectivity index (χ0v) is 9.74. The Hall–Kier alpha value is -1.62. The number of nitrogens with zero attached hydrogens (tertiary/aromatic N) is 1. The van der Waals surface area contributed by atoms with Crippen molar-refractivity contribution < 1.29 is 18.7 Å². The maximum absolute atomic E-state index is 12.3. The van der Waals surface area contributed by atoms with Gasteiger partial charge < -0.3 is 9.15 Å². The van der Waals surface area contributed by atoms with Crippen LogP contribution in [0.3, 0.4) is 0 Å². The highest BCUT2D eigenvalue weighted by atomic mass is 16.5. The van der Waals surface area contributed by atoms with E-state index in [4.69, 9.17) is 9.15 Å². The van der Waals surface area contributed by atoms with E-state index in [2.05, 4.69) is 0 Å². The van der Waals surface area contributed by atoms with Gasteiger partial charge in [-0.2, -0.15) is 0 Å². The van der Waals surface area contributed by atoms with Gasteiger partial charge in [0.15, 0.2) is 0 Å². The van der Waals surface area contributed by atoms with Crippen LogP contribution < -0.4 is 0 Å². The van der Waals surface area contributed by atoms with Gasteiger partial charge >= 0.3 is 0 Å². The second kappa shape index (κ2) is 3.45. The molecule has 3 saturated heterocycles. The Morgan fingerprint density at radius 3 is 2.39 bits per heavy atom. The Morgan fingerprint density at radius 1 is 1.17 bits per heavy atom. The van der Waals surface area contributed by atoms with E-state index >= 15 is 0 Å². The summed E-state index contributed by atoms with van der Waals surface area (Å²) in [6.07, 6.45) is 3.27. The second-order valence-corrected chi connectivity index (χ2v) is 5.18. The van der Waals surface area contributed by atoms with Crippen molar-refractivity contribution in [1.29, 1.82) is 0 Å².